The molecule has 18 heavy (non-hydrogen) atoms. The zero-order valence-electron chi connectivity index (χ0n) is 11.2. The highest BCUT2D eigenvalue weighted by atomic mass is 32.1. The van der Waals surface area contributed by atoms with Crippen molar-refractivity contribution >= 4 is 21.4 Å². The number of rotatable bonds is 5. The third-order valence-electron chi connectivity index (χ3n) is 2.98. The van der Waals surface area contributed by atoms with Crippen LogP contribution in [0.25, 0.3) is 10.1 Å². The van der Waals surface area contributed by atoms with E-state index in [9.17, 15) is 5.11 Å². The molecule has 2 N–H and O–H groups in total. The van der Waals surface area contributed by atoms with E-state index in [-0.39, 0.29) is 0 Å². The van der Waals surface area contributed by atoms with Crippen LogP contribution in [0.15, 0.2) is 29.6 Å². The van der Waals surface area contributed by atoms with Gasteiger partial charge in [0.25, 0.3) is 0 Å². The lowest BCUT2D eigenvalue weighted by Crippen LogP contribution is -2.33. The summed E-state index contributed by atoms with van der Waals surface area (Å²) in [4.78, 5) is 0. The fraction of sp³-hybridized carbons (Fsp3) is 0.467. The van der Waals surface area contributed by atoms with E-state index >= 15 is 0 Å². The highest BCUT2D eigenvalue weighted by Gasteiger charge is 2.16. The van der Waals surface area contributed by atoms with E-state index in [1.165, 1.54) is 15.6 Å². The van der Waals surface area contributed by atoms with Crippen molar-refractivity contribution in [2.45, 2.75) is 45.4 Å². The van der Waals surface area contributed by atoms with Crippen molar-refractivity contribution in [3.63, 3.8) is 0 Å². The van der Waals surface area contributed by atoms with Gasteiger partial charge >= 0.3 is 0 Å². The lowest BCUT2D eigenvalue weighted by atomic mass is 10.00. The fourth-order valence-electron chi connectivity index (χ4n) is 2.24. The second kappa shape index (κ2) is 5.39. The van der Waals surface area contributed by atoms with E-state index in [4.69, 9.17) is 0 Å². The van der Waals surface area contributed by atoms with Crippen LogP contribution < -0.4 is 5.32 Å². The monoisotopic (exact) mass is 263 g/mol. The van der Waals surface area contributed by atoms with E-state index in [2.05, 4.69) is 41.9 Å². The van der Waals surface area contributed by atoms with Crippen LogP contribution in [0.4, 0.5) is 0 Å². The topological polar surface area (TPSA) is 32.3 Å². The number of fused-ring (bicyclic) bond motifs is 1. The van der Waals surface area contributed by atoms with E-state index in [1.807, 2.05) is 13.8 Å². The van der Waals surface area contributed by atoms with Crippen molar-refractivity contribution in [2.24, 2.45) is 0 Å². The van der Waals surface area contributed by atoms with Crippen LogP contribution in [-0.4, -0.2) is 16.7 Å². The highest BCUT2D eigenvalue weighted by Crippen LogP contribution is 2.21. The van der Waals surface area contributed by atoms with Gasteiger partial charge in [-0.1, -0.05) is 6.07 Å². The first-order valence-electron chi connectivity index (χ1n) is 6.36. The van der Waals surface area contributed by atoms with Crippen LogP contribution >= 0.6 is 11.3 Å². The molecule has 1 heterocycles. The molecule has 1 atom stereocenters. The van der Waals surface area contributed by atoms with Gasteiger partial charge in [0, 0.05) is 17.3 Å². The van der Waals surface area contributed by atoms with Gasteiger partial charge in [0.15, 0.2) is 0 Å². The number of thiophene rings is 1. The quantitative estimate of drug-likeness (QED) is 0.865. The van der Waals surface area contributed by atoms with Crippen molar-refractivity contribution in [3.05, 3.63) is 35.2 Å². The van der Waals surface area contributed by atoms with Crippen LogP contribution in [0.5, 0.6) is 0 Å². The minimum atomic E-state index is -0.607. The number of hydrogen-bond acceptors (Lipinski definition) is 3. The van der Waals surface area contributed by atoms with Gasteiger partial charge in [0.2, 0.25) is 0 Å². The van der Waals surface area contributed by atoms with Crippen molar-refractivity contribution in [1.82, 2.24) is 5.32 Å². The summed E-state index contributed by atoms with van der Waals surface area (Å²) < 4.78 is 1.34. The first-order chi connectivity index (χ1) is 8.44. The molecule has 0 saturated heterocycles. The van der Waals surface area contributed by atoms with Gasteiger partial charge in [-0.3, -0.25) is 0 Å². The van der Waals surface area contributed by atoms with Crippen LogP contribution in [0.2, 0.25) is 0 Å². The second-order valence-electron chi connectivity index (χ2n) is 5.59. The largest absolute Gasteiger partial charge is 0.390 e. The molecule has 0 aliphatic rings. The summed E-state index contributed by atoms with van der Waals surface area (Å²) in [5.41, 5.74) is 0.687. The van der Waals surface area contributed by atoms with Crippen LogP contribution in [0.1, 0.15) is 32.8 Å². The highest BCUT2D eigenvalue weighted by molar-refractivity contribution is 7.17. The number of hydrogen-bond donors (Lipinski definition) is 2. The molecule has 0 radical (unpaired) electrons. The molecule has 2 aromatic rings. The molecule has 2 nitrogen and oxygen atoms in total. The summed E-state index contributed by atoms with van der Waals surface area (Å²) in [6, 6.07) is 9.04. The molecule has 0 spiro atoms. The Morgan fingerprint density at radius 2 is 2.11 bits per heavy atom. The first kappa shape index (κ1) is 13.5. The molecule has 0 fully saturated rings. The summed E-state index contributed by atoms with van der Waals surface area (Å²) in [7, 11) is 0. The maximum absolute atomic E-state index is 9.76. The van der Waals surface area contributed by atoms with Gasteiger partial charge in [-0.15, -0.1) is 11.3 Å². The van der Waals surface area contributed by atoms with Gasteiger partial charge in [-0.25, -0.2) is 0 Å². The molecule has 98 valence electrons. The maximum atomic E-state index is 9.76. The normalized spacial score (nSPS) is 14.0. The lowest BCUT2D eigenvalue weighted by molar-refractivity contribution is 0.0611. The van der Waals surface area contributed by atoms with Crippen molar-refractivity contribution < 1.29 is 5.11 Å². The molecule has 0 bridgehead atoms. The van der Waals surface area contributed by atoms with E-state index in [0.29, 0.717) is 6.04 Å². The number of benzene rings is 1. The van der Waals surface area contributed by atoms with Gasteiger partial charge < -0.3 is 10.4 Å². The predicted octanol–water partition coefficient (Wildman–Crippen LogP) is 3.54. The fourth-order valence-corrected chi connectivity index (χ4v) is 3.01. The molecule has 0 amide bonds. The Labute approximate surface area is 113 Å². The number of aliphatic hydroxyl groups is 1. The third kappa shape index (κ3) is 3.80. The Kier molecular flexibility index (Phi) is 4.05. The summed E-state index contributed by atoms with van der Waals surface area (Å²) in [6.07, 6.45) is 0.758. The molecule has 0 aliphatic carbocycles. The number of nitrogens with one attached hydrogen (secondary N) is 1. The first-order valence-corrected chi connectivity index (χ1v) is 7.24. The van der Waals surface area contributed by atoms with E-state index < -0.39 is 5.60 Å². The van der Waals surface area contributed by atoms with Crippen LogP contribution in [-0.2, 0) is 6.54 Å². The molecule has 2 rings (SSSR count). The minimum Gasteiger partial charge on any atom is -0.390 e. The third-order valence-corrected chi connectivity index (χ3v) is 3.88. The Balaban J connectivity index is 1.93. The average molecular weight is 263 g/mol. The van der Waals surface area contributed by atoms with Crippen molar-refractivity contribution in [1.29, 1.82) is 0 Å². The predicted molar refractivity (Wildman–Crippen MR) is 79.0 cm³/mol. The SMILES string of the molecule is C[C@@H](CC(C)(C)O)NCc1ccc2sccc2c1. The molecule has 0 unspecified atom stereocenters. The summed E-state index contributed by atoms with van der Waals surface area (Å²) in [5, 5.41) is 16.7. The van der Waals surface area contributed by atoms with Gasteiger partial charge in [0.1, 0.15) is 0 Å². The summed E-state index contributed by atoms with van der Waals surface area (Å²) in [6.45, 7) is 6.66. The van der Waals surface area contributed by atoms with Gasteiger partial charge in [-0.2, -0.15) is 0 Å². The summed E-state index contributed by atoms with van der Waals surface area (Å²) in [5.74, 6) is 0. The molecule has 1 aromatic carbocycles. The van der Waals surface area contributed by atoms with Crippen LogP contribution in [0.3, 0.4) is 0 Å². The van der Waals surface area contributed by atoms with Crippen molar-refractivity contribution in [2.75, 3.05) is 0 Å². The summed E-state index contributed by atoms with van der Waals surface area (Å²) >= 11 is 1.77. The molecular formula is C15H21NOS. The smallest absolute Gasteiger partial charge is 0.0606 e. The molecule has 1 aromatic heterocycles. The minimum absolute atomic E-state index is 0.308. The molecule has 0 aliphatic heterocycles. The van der Waals surface area contributed by atoms with Crippen LogP contribution in [0, 0.1) is 0 Å². The molecule has 3 heteroatoms. The average Bonchev–Trinajstić information content (AvgIpc) is 2.71. The van der Waals surface area contributed by atoms with E-state index in [1.54, 1.807) is 11.3 Å². The molecular weight excluding hydrogens is 242 g/mol. The second-order valence-corrected chi connectivity index (χ2v) is 6.54. The Hall–Kier alpha value is -0.900. The Morgan fingerprint density at radius 1 is 1.33 bits per heavy atom. The van der Waals surface area contributed by atoms with Crippen molar-refractivity contribution in [3.8, 4) is 0 Å². The maximum Gasteiger partial charge on any atom is 0.0606 e. The zero-order valence-corrected chi connectivity index (χ0v) is 12.1. The Bertz CT molecular complexity index is 512. The zero-order chi connectivity index (χ0) is 13.2. The van der Waals surface area contributed by atoms with Gasteiger partial charge in [0.05, 0.1) is 5.60 Å². The lowest BCUT2D eigenvalue weighted by Gasteiger charge is -2.23. The van der Waals surface area contributed by atoms with Gasteiger partial charge in [-0.05, 0) is 61.7 Å². The van der Waals surface area contributed by atoms with E-state index in [0.717, 1.165) is 13.0 Å². The standard InChI is InChI=1S/C15H21NOS/c1-11(9-15(2,3)17)16-10-12-4-5-14-13(8-12)6-7-18-14/h4-8,11,16-17H,9-10H2,1-3H3/t11-/m0/s1. The Morgan fingerprint density at radius 3 is 2.83 bits per heavy atom. The molecule has 0 saturated carbocycles.